The van der Waals surface area contributed by atoms with E-state index in [1.807, 2.05) is 6.92 Å². The zero-order valence-corrected chi connectivity index (χ0v) is 34.8. The summed E-state index contributed by atoms with van der Waals surface area (Å²) in [7, 11) is 0. The summed E-state index contributed by atoms with van der Waals surface area (Å²) in [6, 6.07) is 0. The van der Waals surface area contributed by atoms with Crippen molar-refractivity contribution < 1.29 is 70.0 Å². The molecular formula is C42H74O14. The molecular weight excluding hydrogens is 728 g/mol. The monoisotopic (exact) mass is 803 g/mol. The maximum Gasteiger partial charge on any atom is 0.187 e. The Labute approximate surface area is 332 Å². The van der Waals surface area contributed by atoms with E-state index in [0.29, 0.717) is 32.1 Å². The number of hydrogen-bond donors (Lipinski definition) is 10. The molecule has 20 atom stereocenters. The lowest BCUT2D eigenvalue weighted by atomic mass is 9.35. The Balaban J connectivity index is 1.26. The SMILES string of the molecule is CC(C)(O)CCCC(C)(O[C@@H]1O[C@H](CO)[C@@H](O)[C@H](O)[C@H]1O)[C@H]1CC[C@]2(C)[C@@H]1[C@H](O)C[C@@H]1[C@@]3(C)CC[C@H](O[C@@H]4O[C@H](CO)[C@@H](O)[C@H](O)[C@H]4O)C(C)(C)[C@@H]3CC[C@]12C. The van der Waals surface area contributed by atoms with Crippen LogP contribution in [0.5, 0.6) is 0 Å². The molecule has 1 unspecified atom stereocenters. The fourth-order valence-corrected chi connectivity index (χ4v) is 13.6. The predicted molar refractivity (Wildman–Crippen MR) is 202 cm³/mol. The summed E-state index contributed by atoms with van der Waals surface area (Å²) in [5, 5.41) is 107. The molecule has 4 saturated carbocycles. The van der Waals surface area contributed by atoms with Crippen LogP contribution in [0.3, 0.4) is 0 Å². The molecule has 326 valence electrons. The van der Waals surface area contributed by atoms with Crippen LogP contribution in [0.4, 0.5) is 0 Å². The van der Waals surface area contributed by atoms with Gasteiger partial charge in [0.05, 0.1) is 36.6 Å². The lowest BCUT2D eigenvalue weighted by molar-refractivity contribution is -0.338. The van der Waals surface area contributed by atoms with Crippen molar-refractivity contribution in [2.24, 2.45) is 45.3 Å². The second-order valence-electron chi connectivity index (χ2n) is 20.9. The lowest BCUT2D eigenvalue weighted by Gasteiger charge is -2.71. The minimum Gasteiger partial charge on any atom is -0.394 e. The van der Waals surface area contributed by atoms with E-state index in [1.54, 1.807) is 13.8 Å². The molecule has 6 fully saturated rings. The van der Waals surface area contributed by atoms with E-state index in [-0.39, 0.29) is 51.4 Å². The van der Waals surface area contributed by atoms with E-state index in [4.69, 9.17) is 18.9 Å². The first-order valence-electron chi connectivity index (χ1n) is 21.2. The molecule has 6 aliphatic rings. The summed E-state index contributed by atoms with van der Waals surface area (Å²) in [6.07, 6.45) is -7.75. The quantitative estimate of drug-likeness (QED) is 0.133. The van der Waals surface area contributed by atoms with Gasteiger partial charge in [-0.1, -0.05) is 34.6 Å². The van der Waals surface area contributed by atoms with Crippen molar-refractivity contribution >= 4 is 0 Å². The number of ether oxygens (including phenoxy) is 4. The van der Waals surface area contributed by atoms with Crippen LogP contribution >= 0.6 is 0 Å². The molecule has 0 aromatic rings. The van der Waals surface area contributed by atoms with E-state index in [9.17, 15) is 51.1 Å². The van der Waals surface area contributed by atoms with E-state index < -0.39 is 91.9 Å². The van der Waals surface area contributed by atoms with Crippen molar-refractivity contribution in [2.45, 2.75) is 204 Å². The van der Waals surface area contributed by atoms with E-state index in [0.717, 1.165) is 32.1 Å². The van der Waals surface area contributed by atoms with Crippen LogP contribution in [0.2, 0.25) is 0 Å². The number of aliphatic hydroxyl groups excluding tert-OH is 9. The van der Waals surface area contributed by atoms with Gasteiger partial charge >= 0.3 is 0 Å². The van der Waals surface area contributed by atoms with Crippen LogP contribution in [-0.2, 0) is 18.9 Å². The highest BCUT2D eigenvalue weighted by Crippen LogP contribution is 2.76. The summed E-state index contributed by atoms with van der Waals surface area (Å²) < 4.78 is 24.9. The first-order chi connectivity index (χ1) is 25.9. The van der Waals surface area contributed by atoms with Crippen molar-refractivity contribution in [1.29, 1.82) is 0 Å². The lowest BCUT2D eigenvalue weighted by Crippen LogP contribution is -2.67. The second kappa shape index (κ2) is 15.7. The maximum absolute atomic E-state index is 12.5. The Bertz CT molecular complexity index is 1360. The summed E-state index contributed by atoms with van der Waals surface area (Å²) in [6.45, 7) is 15.9. The number of hydrogen-bond acceptors (Lipinski definition) is 14. The van der Waals surface area contributed by atoms with Crippen molar-refractivity contribution in [3.63, 3.8) is 0 Å². The smallest absolute Gasteiger partial charge is 0.187 e. The normalized spacial score (nSPS) is 51.8. The van der Waals surface area contributed by atoms with Gasteiger partial charge in [-0.15, -0.1) is 0 Å². The molecule has 0 bridgehead atoms. The molecule has 56 heavy (non-hydrogen) atoms. The Morgan fingerprint density at radius 1 is 0.643 bits per heavy atom. The third-order valence-electron chi connectivity index (χ3n) is 17.0. The first-order valence-corrected chi connectivity index (χ1v) is 21.2. The molecule has 0 spiro atoms. The van der Waals surface area contributed by atoms with Crippen molar-refractivity contribution in [2.75, 3.05) is 13.2 Å². The Hall–Kier alpha value is -0.560. The second-order valence-corrected chi connectivity index (χ2v) is 20.9. The van der Waals surface area contributed by atoms with Gasteiger partial charge < -0.3 is 70.0 Å². The molecule has 2 saturated heterocycles. The Morgan fingerprint density at radius 2 is 1.20 bits per heavy atom. The predicted octanol–water partition coefficient (Wildman–Crippen LogP) is 1.34. The van der Waals surface area contributed by atoms with Crippen molar-refractivity contribution in [3.8, 4) is 0 Å². The zero-order chi connectivity index (χ0) is 41.6. The van der Waals surface area contributed by atoms with Gasteiger partial charge in [-0.05, 0) is 130 Å². The van der Waals surface area contributed by atoms with Crippen LogP contribution in [0, 0.1) is 45.3 Å². The molecule has 4 aliphatic carbocycles. The van der Waals surface area contributed by atoms with Gasteiger partial charge in [0.1, 0.15) is 48.8 Å². The molecule has 0 amide bonds. The average molecular weight is 803 g/mol. The van der Waals surface area contributed by atoms with Crippen LogP contribution in [0.15, 0.2) is 0 Å². The fraction of sp³-hybridized carbons (Fsp3) is 1.00. The fourth-order valence-electron chi connectivity index (χ4n) is 13.6. The minimum atomic E-state index is -1.59. The molecule has 6 rings (SSSR count). The maximum atomic E-state index is 12.5. The van der Waals surface area contributed by atoms with Crippen LogP contribution < -0.4 is 0 Å². The summed E-state index contributed by atoms with van der Waals surface area (Å²) >= 11 is 0. The molecule has 2 heterocycles. The van der Waals surface area contributed by atoms with Crippen LogP contribution in [0.25, 0.3) is 0 Å². The highest BCUT2D eigenvalue weighted by atomic mass is 16.7. The highest BCUT2D eigenvalue weighted by molar-refractivity contribution is 5.20. The van der Waals surface area contributed by atoms with Crippen molar-refractivity contribution in [1.82, 2.24) is 0 Å². The van der Waals surface area contributed by atoms with Gasteiger partial charge in [-0.3, -0.25) is 0 Å². The third-order valence-corrected chi connectivity index (χ3v) is 17.0. The number of fused-ring (bicyclic) bond motifs is 5. The summed E-state index contributed by atoms with van der Waals surface area (Å²) in [5.74, 6) is 0.0332. The van der Waals surface area contributed by atoms with Crippen LogP contribution in [-0.4, -0.2) is 149 Å². The topological polar surface area (TPSA) is 239 Å². The van der Waals surface area contributed by atoms with E-state index in [1.165, 1.54) is 0 Å². The molecule has 14 nitrogen and oxygen atoms in total. The third kappa shape index (κ3) is 7.35. The standard InChI is InChI=1S/C42H74O14/c1-37(2,52)13-9-14-42(8,56-36-34(51)32(49)30(47)24(20-44)54-36)21-10-16-41(7)28(21)22(45)18-26-39(5)15-12-27(38(3,4)25(39)11-17-40(26,41)6)55-35-33(50)31(48)29(46)23(19-43)53-35/h21-36,43-52H,9-20H2,1-8H3/t21-,22+,23+,24+,25-,26+,27-,28-,29+,30+,31-,32-,33+,34+,35-,36-,39-,40+,41+,42?/m0/s1. The number of rotatable bonds is 11. The van der Waals surface area contributed by atoms with E-state index >= 15 is 0 Å². The molecule has 0 aromatic heterocycles. The van der Waals surface area contributed by atoms with Crippen molar-refractivity contribution in [3.05, 3.63) is 0 Å². The summed E-state index contributed by atoms with van der Waals surface area (Å²) in [5.41, 5.74) is -2.88. The van der Waals surface area contributed by atoms with Gasteiger partial charge in [0, 0.05) is 0 Å². The molecule has 0 aromatic carbocycles. The van der Waals surface area contributed by atoms with Crippen LogP contribution in [0.1, 0.15) is 120 Å². The molecule has 0 radical (unpaired) electrons. The van der Waals surface area contributed by atoms with Gasteiger partial charge in [0.15, 0.2) is 12.6 Å². The van der Waals surface area contributed by atoms with Gasteiger partial charge in [-0.25, -0.2) is 0 Å². The molecule has 10 N–H and O–H groups in total. The Morgan fingerprint density at radius 3 is 1.77 bits per heavy atom. The number of aliphatic hydroxyl groups is 10. The summed E-state index contributed by atoms with van der Waals surface area (Å²) in [4.78, 5) is 0. The van der Waals surface area contributed by atoms with Gasteiger partial charge in [0.2, 0.25) is 0 Å². The first kappa shape index (κ1) is 45.0. The average Bonchev–Trinajstić information content (AvgIpc) is 3.50. The van der Waals surface area contributed by atoms with E-state index in [2.05, 4.69) is 34.6 Å². The largest absolute Gasteiger partial charge is 0.394 e. The van der Waals surface area contributed by atoms with Gasteiger partial charge in [0.25, 0.3) is 0 Å². The Kier molecular flexibility index (Phi) is 12.6. The van der Waals surface area contributed by atoms with Gasteiger partial charge in [-0.2, -0.15) is 0 Å². The molecule has 2 aliphatic heterocycles. The minimum absolute atomic E-state index is 0.158. The highest BCUT2D eigenvalue weighted by Gasteiger charge is 2.72. The zero-order valence-electron chi connectivity index (χ0n) is 34.8. The molecule has 14 heteroatoms.